The van der Waals surface area contributed by atoms with Crippen molar-refractivity contribution in [2.24, 2.45) is 17.8 Å². The fraction of sp³-hybridized carbons (Fsp3) is 0.724. The number of nitrogens with one attached hydrogen (secondary N) is 4. The molecule has 3 aliphatic rings. The van der Waals surface area contributed by atoms with Crippen molar-refractivity contribution in [3.63, 3.8) is 0 Å². The zero-order chi connectivity index (χ0) is 29.4. The fourth-order valence-corrected chi connectivity index (χ4v) is 5.67. The van der Waals surface area contributed by atoms with Gasteiger partial charge in [0.2, 0.25) is 17.6 Å². The van der Waals surface area contributed by atoms with Crippen LogP contribution in [0.2, 0.25) is 0 Å². The van der Waals surface area contributed by atoms with Crippen molar-refractivity contribution in [2.45, 2.75) is 103 Å². The zero-order valence-corrected chi connectivity index (χ0v) is 24.0. The highest BCUT2D eigenvalue weighted by Crippen LogP contribution is 2.32. The number of ketones is 2. The standard InChI is InChI=1S/C29H45N5O6/c1-5-15-30-27(38)24(35)18(4)31-26(37)21-12-9-16-34(21)28(39)23(19-10-7-6-8-11-19)33-29(40)32-22(17(2)3)25(36)20-13-14-20/h5,17-23H,1,6-16H2,2-4H3,(H,30,38)(H,31,37)(H2,32,33,40). The molecular formula is C29H45N5O6. The van der Waals surface area contributed by atoms with Gasteiger partial charge in [0.05, 0.1) is 12.1 Å². The maximum Gasteiger partial charge on any atom is 0.316 e. The van der Waals surface area contributed by atoms with Gasteiger partial charge in [-0.15, -0.1) is 6.58 Å². The smallest absolute Gasteiger partial charge is 0.316 e. The highest BCUT2D eigenvalue weighted by Gasteiger charge is 2.42. The van der Waals surface area contributed by atoms with Crippen molar-refractivity contribution in [3.8, 4) is 0 Å². The van der Waals surface area contributed by atoms with Gasteiger partial charge >= 0.3 is 6.03 Å². The van der Waals surface area contributed by atoms with Crippen LogP contribution in [0.3, 0.4) is 0 Å². The van der Waals surface area contributed by atoms with E-state index in [1.165, 1.54) is 17.9 Å². The van der Waals surface area contributed by atoms with Gasteiger partial charge in [-0.05, 0) is 57.3 Å². The summed E-state index contributed by atoms with van der Waals surface area (Å²) in [6, 6.07) is -3.88. The van der Waals surface area contributed by atoms with E-state index in [0.29, 0.717) is 19.4 Å². The largest absolute Gasteiger partial charge is 0.346 e. The monoisotopic (exact) mass is 559 g/mol. The molecule has 11 heteroatoms. The summed E-state index contributed by atoms with van der Waals surface area (Å²) in [6.45, 7) is 9.17. The first-order valence-corrected chi connectivity index (χ1v) is 14.7. The lowest BCUT2D eigenvalue weighted by molar-refractivity contribution is -0.143. The van der Waals surface area contributed by atoms with Crippen molar-refractivity contribution < 1.29 is 28.8 Å². The van der Waals surface area contributed by atoms with Gasteiger partial charge in [-0.25, -0.2) is 4.79 Å². The lowest BCUT2D eigenvalue weighted by Gasteiger charge is -2.35. The summed E-state index contributed by atoms with van der Waals surface area (Å²) < 4.78 is 0. The third-order valence-electron chi connectivity index (χ3n) is 8.13. The number of urea groups is 1. The second-order valence-corrected chi connectivity index (χ2v) is 11.7. The molecule has 11 nitrogen and oxygen atoms in total. The van der Waals surface area contributed by atoms with Crippen LogP contribution >= 0.6 is 0 Å². The molecule has 5 amide bonds. The Morgan fingerprint density at radius 2 is 1.55 bits per heavy atom. The summed E-state index contributed by atoms with van der Waals surface area (Å²) in [7, 11) is 0. The normalized spacial score (nSPS) is 21.6. The van der Waals surface area contributed by atoms with Gasteiger partial charge in [-0.3, -0.25) is 24.0 Å². The second kappa shape index (κ2) is 14.4. The molecule has 0 aromatic carbocycles. The maximum atomic E-state index is 13.9. The summed E-state index contributed by atoms with van der Waals surface area (Å²) in [5, 5.41) is 10.7. The van der Waals surface area contributed by atoms with Crippen molar-refractivity contribution in [2.75, 3.05) is 13.1 Å². The van der Waals surface area contributed by atoms with E-state index < -0.39 is 47.8 Å². The number of likely N-dealkylation sites (tertiary alicyclic amines) is 1. The highest BCUT2D eigenvalue weighted by molar-refractivity contribution is 6.38. The Balaban J connectivity index is 1.69. The molecule has 1 aliphatic heterocycles. The molecule has 0 aromatic heterocycles. The SMILES string of the molecule is C=CCNC(=O)C(=O)C(C)NC(=O)C1CCCN1C(=O)C(NC(=O)NC(C(=O)C1CC1)C(C)C)C1CCCCC1. The van der Waals surface area contributed by atoms with Crippen LogP contribution in [-0.4, -0.2) is 77.5 Å². The van der Waals surface area contributed by atoms with Gasteiger partial charge in [-0.1, -0.05) is 39.2 Å². The van der Waals surface area contributed by atoms with Gasteiger partial charge in [-0.2, -0.15) is 0 Å². The summed E-state index contributed by atoms with van der Waals surface area (Å²) in [4.78, 5) is 78.8. The average Bonchev–Trinajstić information content (AvgIpc) is 3.68. The van der Waals surface area contributed by atoms with E-state index in [1.807, 2.05) is 13.8 Å². The summed E-state index contributed by atoms with van der Waals surface area (Å²) in [6.07, 6.45) is 8.67. The topological polar surface area (TPSA) is 154 Å². The van der Waals surface area contributed by atoms with E-state index in [4.69, 9.17) is 0 Å². The Kier molecular flexibility index (Phi) is 11.3. The van der Waals surface area contributed by atoms with Crippen LogP contribution in [0.15, 0.2) is 12.7 Å². The predicted molar refractivity (Wildman–Crippen MR) is 149 cm³/mol. The first-order valence-electron chi connectivity index (χ1n) is 14.7. The summed E-state index contributed by atoms with van der Waals surface area (Å²) >= 11 is 0. The molecule has 4 atom stereocenters. The molecule has 1 saturated heterocycles. The van der Waals surface area contributed by atoms with Crippen LogP contribution < -0.4 is 21.3 Å². The number of carbonyl (C=O) groups is 6. The van der Waals surface area contributed by atoms with Gasteiger partial charge in [0.15, 0.2) is 5.78 Å². The second-order valence-electron chi connectivity index (χ2n) is 11.7. The molecule has 4 N–H and O–H groups in total. The first kappa shape index (κ1) is 31.3. The Labute approximate surface area is 236 Å². The molecule has 3 rings (SSSR count). The number of carbonyl (C=O) groups excluding carboxylic acids is 6. The van der Waals surface area contributed by atoms with Crippen LogP contribution in [0.5, 0.6) is 0 Å². The van der Waals surface area contributed by atoms with Crippen molar-refractivity contribution in [1.82, 2.24) is 26.2 Å². The Morgan fingerprint density at radius 1 is 0.875 bits per heavy atom. The van der Waals surface area contributed by atoms with Crippen LogP contribution in [0.4, 0.5) is 4.79 Å². The zero-order valence-electron chi connectivity index (χ0n) is 24.0. The van der Waals surface area contributed by atoms with E-state index in [-0.39, 0.29) is 36.0 Å². The minimum absolute atomic E-state index is 0.00493. The van der Waals surface area contributed by atoms with E-state index >= 15 is 0 Å². The Morgan fingerprint density at radius 3 is 2.15 bits per heavy atom. The average molecular weight is 560 g/mol. The number of nitrogens with zero attached hydrogens (tertiary/aromatic N) is 1. The predicted octanol–water partition coefficient (Wildman–Crippen LogP) is 1.61. The molecule has 2 saturated carbocycles. The highest BCUT2D eigenvalue weighted by atomic mass is 16.2. The van der Waals surface area contributed by atoms with E-state index in [1.54, 1.807) is 0 Å². The van der Waals surface area contributed by atoms with Crippen LogP contribution in [0.1, 0.15) is 78.6 Å². The number of hydrogen-bond donors (Lipinski definition) is 4. The fourth-order valence-electron chi connectivity index (χ4n) is 5.67. The minimum Gasteiger partial charge on any atom is -0.346 e. The van der Waals surface area contributed by atoms with E-state index in [9.17, 15) is 28.8 Å². The molecule has 4 unspecified atom stereocenters. The Bertz CT molecular complexity index is 987. The van der Waals surface area contributed by atoms with Crippen molar-refractivity contribution >= 4 is 35.3 Å². The Hall–Kier alpha value is -3.24. The van der Waals surface area contributed by atoms with Crippen molar-refractivity contribution in [1.29, 1.82) is 0 Å². The summed E-state index contributed by atoms with van der Waals surface area (Å²) in [5.41, 5.74) is 0. The summed E-state index contributed by atoms with van der Waals surface area (Å²) in [5.74, 6) is -2.59. The van der Waals surface area contributed by atoms with Gasteiger partial charge in [0.1, 0.15) is 12.1 Å². The molecule has 0 bridgehead atoms. The molecule has 2 aliphatic carbocycles. The third-order valence-corrected chi connectivity index (χ3v) is 8.13. The molecule has 3 fully saturated rings. The van der Waals surface area contributed by atoms with Crippen LogP contribution in [0, 0.1) is 17.8 Å². The minimum atomic E-state index is -1.06. The lowest BCUT2D eigenvalue weighted by atomic mass is 9.83. The van der Waals surface area contributed by atoms with Gasteiger partial charge < -0.3 is 26.2 Å². The van der Waals surface area contributed by atoms with Crippen LogP contribution in [-0.2, 0) is 24.0 Å². The number of hydrogen-bond acceptors (Lipinski definition) is 6. The third kappa shape index (κ3) is 8.14. The maximum absolute atomic E-state index is 13.9. The molecule has 0 spiro atoms. The van der Waals surface area contributed by atoms with Crippen LogP contribution in [0.25, 0.3) is 0 Å². The van der Waals surface area contributed by atoms with Crippen molar-refractivity contribution in [3.05, 3.63) is 12.7 Å². The van der Waals surface area contributed by atoms with E-state index in [0.717, 1.165) is 44.9 Å². The molecule has 222 valence electrons. The number of rotatable bonds is 13. The molecule has 1 heterocycles. The molecule has 40 heavy (non-hydrogen) atoms. The lowest BCUT2D eigenvalue weighted by Crippen LogP contribution is -2.60. The molecular weight excluding hydrogens is 514 g/mol. The first-order chi connectivity index (χ1) is 19.0. The number of amides is 5. The van der Waals surface area contributed by atoms with Gasteiger partial charge in [0.25, 0.3) is 5.91 Å². The van der Waals surface area contributed by atoms with E-state index in [2.05, 4.69) is 27.8 Å². The number of Topliss-reactive ketones (excluding diaryl/α,β-unsaturated/α-hetero) is 2. The molecule has 0 radical (unpaired) electrons. The molecule has 0 aromatic rings. The quantitative estimate of drug-likeness (QED) is 0.199. The van der Waals surface area contributed by atoms with Gasteiger partial charge in [0, 0.05) is 19.0 Å².